The first-order valence-electron chi connectivity index (χ1n) is 10.8. The summed E-state index contributed by atoms with van der Waals surface area (Å²) in [4.78, 5) is 22.8. The van der Waals surface area contributed by atoms with E-state index in [1.807, 2.05) is 31.4 Å². The minimum Gasteiger partial charge on any atom is -0.336 e. The van der Waals surface area contributed by atoms with Crippen LogP contribution in [0.2, 0.25) is 5.15 Å². The Labute approximate surface area is 200 Å². The van der Waals surface area contributed by atoms with Gasteiger partial charge in [0.15, 0.2) is 5.69 Å². The zero-order valence-electron chi connectivity index (χ0n) is 18.4. The highest BCUT2D eigenvalue weighted by molar-refractivity contribution is 6.33. The minimum absolute atomic E-state index is 0.0757. The molecule has 1 aliphatic rings. The van der Waals surface area contributed by atoms with Gasteiger partial charge >= 0.3 is 0 Å². The number of carbonyl (C=O) groups excluding carboxylic acids is 1. The molecule has 1 fully saturated rings. The monoisotopic (exact) mass is 477 g/mol. The molecule has 0 radical (unpaired) electrons. The lowest BCUT2D eigenvalue weighted by Gasteiger charge is -2.30. The van der Waals surface area contributed by atoms with E-state index < -0.39 is 5.82 Å². The van der Waals surface area contributed by atoms with E-state index in [0.29, 0.717) is 30.2 Å². The maximum Gasteiger partial charge on any atom is 0.275 e. The van der Waals surface area contributed by atoms with E-state index in [-0.39, 0.29) is 28.5 Å². The topological polar surface area (TPSA) is 86.3 Å². The number of nitrogens with zero attached hydrogens (tertiary/aromatic N) is 6. The molecule has 0 aliphatic carbocycles. The highest BCUT2D eigenvalue weighted by Gasteiger charge is 2.29. The average molecular weight is 478 g/mol. The number of amides is 1. The van der Waals surface area contributed by atoms with E-state index in [0.717, 1.165) is 23.7 Å². The third kappa shape index (κ3) is 3.81. The van der Waals surface area contributed by atoms with Crippen LogP contribution in [0.25, 0.3) is 32.8 Å². The normalized spacial score (nSPS) is 16.1. The highest BCUT2D eigenvalue weighted by atomic mass is 35.5. The molecule has 2 aromatic heterocycles. The molecule has 10 heteroatoms. The summed E-state index contributed by atoms with van der Waals surface area (Å²) in [5.41, 5.74) is 7.90. The molecule has 8 nitrogen and oxygen atoms in total. The molecule has 1 amide bonds. The molecule has 1 aliphatic heterocycles. The Balaban J connectivity index is 1.68. The molecule has 2 aromatic carbocycles. The Morgan fingerprint density at radius 1 is 1.29 bits per heavy atom. The van der Waals surface area contributed by atoms with Crippen LogP contribution in [0, 0.1) is 12.4 Å². The summed E-state index contributed by atoms with van der Waals surface area (Å²) >= 11 is 6.78. The van der Waals surface area contributed by atoms with Gasteiger partial charge in [-0.3, -0.25) is 14.0 Å². The maximum atomic E-state index is 14.5. The number of fused-ring (bicyclic) bond motifs is 1. The first-order valence-corrected chi connectivity index (χ1v) is 11.2. The van der Waals surface area contributed by atoms with E-state index >= 15 is 0 Å². The molecule has 0 saturated carbocycles. The number of nitrogens with two attached hydrogens (primary N) is 1. The molecule has 0 unspecified atom stereocenters. The van der Waals surface area contributed by atoms with Gasteiger partial charge in [0, 0.05) is 49.0 Å². The fourth-order valence-electron chi connectivity index (χ4n) is 4.32. The fourth-order valence-corrected chi connectivity index (χ4v) is 4.62. The highest BCUT2D eigenvalue weighted by Crippen LogP contribution is 2.34. The molecule has 1 saturated heterocycles. The zero-order valence-corrected chi connectivity index (χ0v) is 19.1. The second-order valence-corrected chi connectivity index (χ2v) is 8.75. The van der Waals surface area contributed by atoms with Crippen LogP contribution in [-0.2, 0) is 7.05 Å². The predicted molar refractivity (Wildman–Crippen MR) is 128 cm³/mol. The molecule has 2 N–H and O–H groups in total. The second-order valence-electron chi connectivity index (χ2n) is 8.39. The molecular formula is C24H21ClFN7O. The first kappa shape index (κ1) is 22.1. The van der Waals surface area contributed by atoms with E-state index in [9.17, 15) is 9.18 Å². The summed E-state index contributed by atoms with van der Waals surface area (Å²) in [5.74, 6) is -0.690. The Bertz CT molecular complexity index is 1470. The number of rotatable bonds is 3. The van der Waals surface area contributed by atoms with E-state index in [4.69, 9.17) is 23.9 Å². The third-order valence-corrected chi connectivity index (χ3v) is 6.30. The number of aryl methyl sites for hydroxylation is 1. The van der Waals surface area contributed by atoms with Gasteiger partial charge in [0.1, 0.15) is 16.8 Å². The van der Waals surface area contributed by atoms with Crippen molar-refractivity contribution in [2.45, 2.75) is 18.9 Å². The van der Waals surface area contributed by atoms with Gasteiger partial charge in [-0.1, -0.05) is 23.7 Å². The molecule has 0 bridgehead atoms. The van der Waals surface area contributed by atoms with E-state index in [1.165, 1.54) is 12.1 Å². The zero-order chi connectivity index (χ0) is 24.0. The lowest BCUT2D eigenvalue weighted by atomic mass is 10.1. The Kier molecular flexibility index (Phi) is 5.55. The Hall–Kier alpha value is -3.74. The summed E-state index contributed by atoms with van der Waals surface area (Å²) < 4.78 is 17.8. The number of hydrogen-bond donors (Lipinski definition) is 1. The van der Waals surface area contributed by atoms with Gasteiger partial charge in [-0.05, 0) is 37.1 Å². The van der Waals surface area contributed by atoms with Crippen LogP contribution in [0.1, 0.15) is 23.3 Å². The summed E-state index contributed by atoms with van der Waals surface area (Å²) in [6.45, 7) is 8.11. The summed E-state index contributed by atoms with van der Waals surface area (Å²) in [7, 11) is 1.83. The van der Waals surface area contributed by atoms with Crippen LogP contribution in [0.3, 0.4) is 0 Å². The SMILES string of the molecule is [C-]#[N+]c1ccc(-c2nc(C(=O)N3CCC[C@@H](N)C3)c(Cl)n2-c2ccc3nn(C)cc3c2)cc1F. The third-order valence-electron chi connectivity index (χ3n) is 5.96. The lowest BCUT2D eigenvalue weighted by molar-refractivity contribution is 0.0703. The molecule has 172 valence electrons. The maximum absolute atomic E-state index is 14.5. The molecule has 5 rings (SSSR count). The fraction of sp³-hybridized carbons (Fsp3) is 0.250. The van der Waals surface area contributed by atoms with Crippen molar-refractivity contribution < 1.29 is 9.18 Å². The molecule has 1 atom stereocenters. The number of piperidine rings is 1. The van der Waals surface area contributed by atoms with Gasteiger partial charge in [-0.25, -0.2) is 14.2 Å². The number of likely N-dealkylation sites (tertiary alicyclic amines) is 1. The van der Waals surface area contributed by atoms with Gasteiger partial charge in [-0.2, -0.15) is 5.10 Å². The first-order chi connectivity index (χ1) is 16.4. The second kappa shape index (κ2) is 8.56. The van der Waals surface area contributed by atoms with Crippen molar-refractivity contribution in [2.24, 2.45) is 12.8 Å². The van der Waals surface area contributed by atoms with Crippen LogP contribution in [0.5, 0.6) is 0 Å². The van der Waals surface area contributed by atoms with Crippen LogP contribution in [0.15, 0.2) is 42.6 Å². The van der Waals surface area contributed by atoms with Gasteiger partial charge < -0.3 is 10.6 Å². The van der Waals surface area contributed by atoms with Gasteiger partial charge in [0.25, 0.3) is 5.91 Å². The van der Waals surface area contributed by atoms with Crippen molar-refractivity contribution in [3.05, 3.63) is 70.7 Å². The van der Waals surface area contributed by atoms with Crippen molar-refractivity contribution in [2.75, 3.05) is 13.1 Å². The van der Waals surface area contributed by atoms with Crippen molar-refractivity contribution in [3.8, 4) is 17.1 Å². The van der Waals surface area contributed by atoms with Gasteiger partial charge in [-0.15, -0.1) is 0 Å². The van der Waals surface area contributed by atoms with Crippen molar-refractivity contribution >= 4 is 34.1 Å². The lowest BCUT2D eigenvalue weighted by Crippen LogP contribution is -2.45. The molecule has 34 heavy (non-hydrogen) atoms. The minimum atomic E-state index is -0.671. The van der Waals surface area contributed by atoms with Crippen LogP contribution < -0.4 is 5.73 Å². The predicted octanol–water partition coefficient (Wildman–Crippen LogP) is 4.33. The van der Waals surface area contributed by atoms with Crippen molar-refractivity contribution in [3.63, 3.8) is 0 Å². The molecular weight excluding hydrogens is 457 g/mol. The van der Waals surface area contributed by atoms with E-state index in [2.05, 4.69) is 14.9 Å². The van der Waals surface area contributed by atoms with Crippen LogP contribution in [0.4, 0.5) is 10.1 Å². The Morgan fingerprint density at radius 2 is 2.12 bits per heavy atom. The smallest absolute Gasteiger partial charge is 0.275 e. The summed E-state index contributed by atoms with van der Waals surface area (Å²) in [6.07, 6.45) is 3.53. The van der Waals surface area contributed by atoms with Crippen molar-refractivity contribution in [1.82, 2.24) is 24.2 Å². The molecule has 4 aromatic rings. The summed E-state index contributed by atoms with van der Waals surface area (Å²) in [5, 5.41) is 5.39. The number of hydrogen-bond acceptors (Lipinski definition) is 4. The molecule has 0 spiro atoms. The standard InChI is InChI=1S/C24H21ClFN7O/c1-28-20-7-5-14(11-18(20)26)23-29-21(24(34)32-9-3-4-16(27)13-32)22(25)33(23)17-6-8-19-15(10-17)12-31(2)30-19/h5-8,10-12,16H,3-4,9,13,27H2,2H3/t16-/m1/s1. The van der Waals surface area contributed by atoms with Crippen LogP contribution >= 0.6 is 11.6 Å². The largest absolute Gasteiger partial charge is 0.336 e. The van der Waals surface area contributed by atoms with Crippen LogP contribution in [-0.4, -0.2) is 49.3 Å². The number of imidazole rings is 1. The number of aromatic nitrogens is 4. The molecule has 3 heterocycles. The average Bonchev–Trinajstić information content (AvgIpc) is 3.36. The number of halogens is 2. The van der Waals surface area contributed by atoms with Crippen molar-refractivity contribution in [1.29, 1.82) is 0 Å². The van der Waals surface area contributed by atoms with E-state index in [1.54, 1.807) is 20.2 Å². The van der Waals surface area contributed by atoms with Gasteiger partial charge in [0.05, 0.1) is 12.1 Å². The summed E-state index contributed by atoms with van der Waals surface area (Å²) in [6, 6.07) is 9.67. The Morgan fingerprint density at radius 3 is 2.85 bits per heavy atom. The number of benzene rings is 2. The van der Waals surface area contributed by atoms with Gasteiger partial charge in [0.2, 0.25) is 5.69 Å². The number of carbonyl (C=O) groups is 1. The quantitative estimate of drug-likeness (QED) is 0.445.